The lowest BCUT2D eigenvalue weighted by Gasteiger charge is -2.37. The van der Waals surface area contributed by atoms with E-state index >= 15 is 0 Å². The van der Waals surface area contributed by atoms with Crippen molar-refractivity contribution in [2.24, 2.45) is 0 Å². The molecule has 242 valence electrons. The van der Waals surface area contributed by atoms with E-state index in [2.05, 4.69) is 47.5 Å². The Balaban J connectivity index is 0.00000480. The van der Waals surface area contributed by atoms with Crippen LogP contribution in [-0.2, 0) is 22.1 Å². The number of halogens is 4. The lowest BCUT2D eigenvalue weighted by molar-refractivity contribution is -0.919. The molecule has 15 heteroatoms. The second-order valence-corrected chi connectivity index (χ2v) is 11.4. The Kier molecular flexibility index (Phi) is 9.51. The molecule has 1 unspecified atom stereocenters. The molecule has 3 heterocycles. The van der Waals surface area contributed by atoms with Crippen molar-refractivity contribution in [3.05, 3.63) is 104 Å². The van der Waals surface area contributed by atoms with E-state index in [9.17, 15) is 28.0 Å². The third kappa shape index (κ3) is 6.16. The number of methoxy groups -OCH3 is 1. The van der Waals surface area contributed by atoms with Crippen LogP contribution in [0.2, 0.25) is 0 Å². The summed E-state index contributed by atoms with van der Waals surface area (Å²) < 4.78 is 47.9. The number of esters is 1. The Hall–Kier alpha value is -4.87. The molecular formula is C31H32ClF3N8O3. The number of nitrogens with zero attached hydrogens (tertiary/aromatic N) is 6. The summed E-state index contributed by atoms with van der Waals surface area (Å²) in [6.07, 6.45) is -2.41. The van der Waals surface area contributed by atoms with Gasteiger partial charge >= 0.3 is 17.8 Å². The largest absolute Gasteiger partial charge is 1.00 e. The van der Waals surface area contributed by atoms with Gasteiger partial charge in [0.25, 0.3) is 0 Å². The SMILES string of the molecule is COC(=O)C1=C(C)N(c2cccc(C(F)(F)F)c2)c2n[nH]c(=O)n2[C@@H]1c1ccc(C#N)cc1CC[N+](C)(C)C(C)c1cc[nH]n1.[Cl-]. The Morgan fingerprint density at radius 1 is 1.17 bits per heavy atom. The highest BCUT2D eigenvalue weighted by Gasteiger charge is 2.41. The molecule has 2 atom stereocenters. The number of aromatic amines is 2. The minimum atomic E-state index is -4.62. The van der Waals surface area contributed by atoms with Gasteiger partial charge in [0.1, 0.15) is 17.8 Å². The zero-order chi connectivity index (χ0) is 32.7. The highest BCUT2D eigenvalue weighted by atomic mass is 35.5. The van der Waals surface area contributed by atoms with Gasteiger partial charge in [0.2, 0.25) is 5.95 Å². The fourth-order valence-electron chi connectivity index (χ4n) is 5.70. The number of carbonyl (C=O) groups excluding carboxylic acids is 1. The second kappa shape index (κ2) is 12.9. The van der Waals surface area contributed by atoms with Crippen molar-refractivity contribution in [1.82, 2.24) is 25.0 Å². The summed E-state index contributed by atoms with van der Waals surface area (Å²) in [6, 6.07) is 12.6. The molecule has 0 radical (unpaired) electrons. The molecule has 0 amide bonds. The first-order valence-corrected chi connectivity index (χ1v) is 14.1. The number of hydrogen-bond acceptors (Lipinski definition) is 7. The van der Waals surface area contributed by atoms with Crippen LogP contribution in [0.25, 0.3) is 0 Å². The monoisotopic (exact) mass is 656 g/mol. The number of aromatic nitrogens is 5. The Morgan fingerprint density at radius 3 is 2.54 bits per heavy atom. The molecule has 2 N–H and O–H groups in total. The highest BCUT2D eigenvalue weighted by Crippen LogP contribution is 2.43. The van der Waals surface area contributed by atoms with Crippen molar-refractivity contribution in [2.75, 3.05) is 32.6 Å². The number of ether oxygens (including phenoxy) is 1. The zero-order valence-electron chi connectivity index (χ0n) is 25.7. The molecule has 0 fully saturated rings. The number of benzene rings is 2. The molecule has 4 aromatic rings. The molecule has 0 saturated heterocycles. The van der Waals surface area contributed by atoms with Crippen LogP contribution >= 0.6 is 0 Å². The van der Waals surface area contributed by atoms with Crippen LogP contribution in [0.3, 0.4) is 0 Å². The molecule has 2 aromatic heterocycles. The van der Waals surface area contributed by atoms with Crippen LogP contribution in [0.4, 0.5) is 24.8 Å². The number of fused-ring (bicyclic) bond motifs is 1. The Labute approximate surface area is 268 Å². The number of quaternary nitrogens is 1. The van der Waals surface area contributed by atoms with Crippen LogP contribution < -0.4 is 23.0 Å². The molecule has 0 saturated carbocycles. The van der Waals surface area contributed by atoms with Gasteiger partial charge in [-0.2, -0.15) is 23.5 Å². The van der Waals surface area contributed by atoms with Gasteiger partial charge in [-0.3, -0.25) is 10.00 Å². The van der Waals surface area contributed by atoms with Crippen LogP contribution in [0.1, 0.15) is 53.9 Å². The molecule has 0 aliphatic carbocycles. The summed E-state index contributed by atoms with van der Waals surface area (Å²) in [5, 5.41) is 23.5. The number of alkyl halides is 3. The predicted molar refractivity (Wildman–Crippen MR) is 158 cm³/mol. The van der Waals surface area contributed by atoms with E-state index in [1.807, 2.05) is 6.07 Å². The van der Waals surface area contributed by atoms with E-state index in [1.54, 1.807) is 31.3 Å². The zero-order valence-corrected chi connectivity index (χ0v) is 26.4. The third-order valence-corrected chi connectivity index (χ3v) is 8.50. The van der Waals surface area contributed by atoms with E-state index in [4.69, 9.17) is 4.74 Å². The van der Waals surface area contributed by atoms with Gasteiger partial charge in [0, 0.05) is 24.0 Å². The minimum absolute atomic E-state index is 0. The molecule has 5 rings (SSSR count). The summed E-state index contributed by atoms with van der Waals surface area (Å²) in [5.41, 5.74) is 1.27. The second-order valence-electron chi connectivity index (χ2n) is 11.4. The Morgan fingerprint density at radius 2 is 1.91 bits per heavy atom. The summed E-state index contributed by atoms with van der Waals surface area (Å²) in [5.74, 6) is -0.778. The average molecular weight is 657 g/mol. The van der Waals surface area contributed by atoms with Gasteiger partial charge in [-0.25, -0.2) is 19.3 Å². The van der Waals surface area contributed by atoms with E-state index in [0.29, 0.717) is 34.1 Å². The van der Waals surface area contributed by atoms with Gasteiger partial charge in [0.15, 0.2) is 0 Å². The Bertz CT molecular complexity index is 1870. The van der Waals surface area contributed by atoms with E-state index in [1.165, 1.54) is 28.7 Å². The lowest BCUT2D eigenvalue weighted by Crippen LogP contribution is -3.00. The first-order valence-electron chi connectivity index (χ1n) is 14.1. The molecular weight excluding hydrogens is 625 g/mol. The number of nitrogens with one attached hydrogen (secondary N) is 2. The van der Waals surface area contributed by atoms with E-state index < -0.39 is 29.4 Å². The minimum Gasteiger partial charge on any atom is -1.00 e. The first kappa shape index (κ1) is 34.0. The summed E-state index contributed by atoms with van der Waals surface area (Å²) in [7, 11) is 5.31. The number of carbonyl (C=O) groups is 1. The summed E-state index contributed by atoms with van der Waals surface area (Å²) in [6.45, 7) is 4.23. The van der Waals surface area contributed by atoms with Crippen molar-refractivity contribution in [1.29, 1.82) is 5.26 Å². The number of anilines is 2. The molecule has 1 aliphatic heterocycles. The van der Waals surface area contributed by atoms with Crippen molar-refractivity contribution in [2.45, 2.75) is 38.5 Å². The van der Waals surface area contributed by atoms with Gasteiger partial charge in [0.05, 0.1) is 50.5 Å². The number of likely N-dealkylation sites (N-methyl/N-ethyl adjacent to an activating group) is 1. The van der Waals surface area contributed by atoms with Crippen LogP contribution in [0.5, 0.6) is 0 Å². The van der Waals surface area contributed by atoms with E-state index in [0.717, 1.165) is 17.8 Å². The number of rotatable bonds is 8. The quantitative estimate of drug-likeness (QED) is 0.218. The summed E-state index contributed by atoms with van der Waals surface area (Å²) >= 11 is 0. The predicted octanol–water partition coefficient (Wildman–Crippen LogP) is 1.76. The number of nitriles is 1. The fraction of sp³-hybridized carbons (Fsp3) is 0.323. The standard InChI is InChI=1S/C31H31F3N8O3.ClH/c1-18-26(28(43)45-5)27(41-29(38-39-30(41)44)40(18)23-8-6-7-22(16-23)31(32,33)34)24-10-9-20(17-35)15-21(24)12-14-42(3,4)19(2)25-11-13-36-37-25;/h6-11,13,15-16,19,27H,12,14H2,1-5H3,(H-,36,37,39,44);1H/t19?,27-;/m1./s1. The highest BCUT2D eigenvalue weighted by molar-refractivity contribution is 5.93. The van der Waals surface area contributed by atoms with Crippen molar-refractivity contribution in [3.8, 4) is 6.07 Å². The molecule has 2 aromatic carbocycles. The molecule has 1 aliphatic rings. The fourth-order valence-corrected chi connectivity index (χ4v) is 5.70. The molecule has 0 spiro atoms. The number of H-pyrrole nitrogens is 2. The molecule has 46 heavy (non-hydrogen) atoms. The lowest BCUT2D eigenvalue weighted by atomic mass is 9.88. The molecule has 0 bridgehead atoms. The van der Waals surface area contributed by atoms with Crippen molar-refractivity contribution >= 4 is 17.6 Å². The number of allylic oxidation sites excluding steroid dienone is 1. The van der Waals surface area contributed by atoms with Gasteiger partial charge in [-0.05, 0) is 61.4 Å². The summed E-state index contributed by atoms with van der Waals surface area (Å²) in [4.78, 5) is 28.2. The van der Waals surface area contributed by atoms with Crippen LogP contribution in [0, 0.1) is 11.3 Å². The number of hydrogen-bond donors (Lipinski definition) is 2. The maximum absolute atomic E-state index is 13.7. The molecule has 11 nitrogen and oxygen atoms in total. The van der Waals surface area contributed by atoms with Crippen molar-refractivity contribution in [3.63, 3.8) is 0 Å². The van der Waals surface area contributed by atoms with E-state index in [-0.39, 0.29) is 41.4 Å². The van der Waals surface area contributed by atoms with Crippen LogP contribution in [-0.4, -0.2) is 63.2 Å². The maximum atomic E-state index is 13.7. The average Bonchev–Trinajstić information content (AvgIpc) is 3.69. The maximum Gasteiger partial charge on any atom is 0.416 e. The third-order valence-electron chi connectivity index (χ3n) is 8.50. The van der Waals surface area contributed by atoms with Crippen molar-refractivity contribution < 1.29 is 39.6 Å². The van der Waals surface area contributed by atoms with Gasteiger partial charge in [-0.15, -0.1) is 5.10 Å². The topological polar surface area (TPSA) is 133 Å². The van der Waals surface area contributed by atoms with Gasteiger partial charge < -0.3 is 21.6 Å². The van der Waals surface area contributed by atoms with Gasteiger partial charge in [-0.1, -0.05) is 12.1 Å². The van der Waals surface area contributed by atoms with Crippen LogP contribution in [0.15, 0.2) is 70.8 Å². The normalized spacial score (nSPS) is 15.5. The smallest absolute Gasteiger partial charge is 0.416 e. The first-order chi connectivity index (χ1) is 21.3.